The predicted molar refractivity (Wildman–Crippen MR) is 66.1 cm³/mol. The van der Waals surface area contributed by atoms with E-state index in [1.807, 2.05) is 18.3 Å². The SMILES string of the molecule is CC(C)(C)N=CCc1ccccc1Br. The fraction of sp³-hybridized carbons (Fsp3) is 0.417. The predicted octanol–water partition coefficient (Wildman–Crippen LogP) is 3.86. The molecule has 14 heavy (non-hydrogen) atoms. The molecule has 0 spiro atoms. The molecule has 0 aliphatic rings. The van der Waals surface area contributed by atoms with Gasteiger partial charge in [-0.05, 0) is 32.4 Å². The summed E-state index contributed by atoms with van der Waals surface area (Å²) in [5.41, 5.74) is 1.31. The lowest BCUT2D eigenvalue weighted by Crippen LogP contribution is -2.09. The number of halogens is 1. The Bertz CT molecular complexity index is 323. The van der Waals surface area contributed by atoms with Gasteiger partial charge < -0.3 is 0 Å². The highest BCUT2D eigenvalue weighted by atomic mass is 79.9. The summed E-state index contributed by atoms with van der Waals surface area (Å²) in [6.45, 7) is 6.30. The molecule has 0 N–H and O–H groups in total. The fourth-order valence-electron chi connectivity index (χ4n) is 1.08. The second-order valence-corrected chi connectivity index (χ2v) is 5.13. The van der Waals surface area contributed by atoms with Crippen LogP contribution in [0, 0.1) is 0 Å². The lowest BCUT2D eigenvalue weighted by atomic mass is 10.1. The van der Waals surface area contributed by atoms with Gasteiger partial charge in [-0.15, -0.1) is 0 Å². The van der Waals surface area contributed by atoms with Crippen molar-refractivity contribution >= 4 is 22.1 Å². The van der Waals surface area contributed by atoms with Crippen LogP contribution in [-0.4, -0.2) is 11.8 Å². The number of aliphatic imine (C=N–C) groups is 1. The van der Waals surface area contributed by atoms with Crippen molar-refractivity contribution in [2.75, 3.05) is 0 Å². The first-order valence-electron chi connectivity index (χ1n) is 4.76. The molecule has 0 saturated heterocycles. The van der Waals surface area contributed by atoms with E-state index >= 15 is 0 Å². The van der Waals surface area contributed by atoms with Crippen molar-refractivity contribution < 1.29 is 0 Å². The molecule has 0 aliphatic heterocycles. The van der Waals surface area contributed by atoms with Gasteiger partial charge >= 0.3 is 0 Å². The Morgan fingerprint density at radius 1 is 1.29 bits per heavy atom. The van der Waals surface area contributed by atoms with Crippen LogP contribution in [0.25, 0.3) is 0 Å². The van der Waals surface area contributed by atoms with Gasteiger partial charge in [0.15, 0.2) is 0 Å². The molecule has 76 valence electrons. The summed E-state index contributed by atoms with van der Waals surface area (Å²) >= 11 is 3.52. The molecule has 0 fully saturated rings. The van der Waals surface area contributed by atoms with E-state index in [4.69, 9.17) is 0 Å². The smallest absolute Gasteiger partial charge is 0.0520 e. The lowest BCUT2D eigenvalue weighted by Gasteiger charge is -2.10. The Morgan fingerprint density at radius 2 is 1.93 bits per heavy atom. The van der Waals surface area contributed by atoms with E-state index in [1.54, 1.807) is 0 Å². The average Bonchev–Trinajstić information content (AvgIpc) is 2.06. The molecule has 0 aliphatic carbocycles. The molecule has 0 saturated carbocycles. The van der Waals surface area contributed by atoms with Crippen molar-refractivity contribution in [1.29, 1.82) is 0 Å². The first kappa shape index (κ1) is 11.4. The van der Waals surface area contributed by atoms with Gasteiger partial charge in [-0.2, -0.15) is 0 Å². The zero-order chi connectivity index (χ0) is 10.6. The summed E-state index contributed by atoms with van der Waals surface area (Å²) in [4.78, 5) is 4.45. The maximum absolute atomic E-state index is 4.45. The van der Waals surface area contributed by atoms with Gasteiger partial charge in [0.25, 0.3) is 0 Å². The van der Waals surface area contributed by atoms with Gasteiger partial charge in [-0.25, -0.2) is 0 Å². The van der Waals surface area contributed by atoms with Crippen molar-refractivity contribution in [1.82, 2.24) is 0 Å². The molecule has 0 unspecified atom stereocenters. The topological polar surface area (TPSA) is 12.4 Å². The van der Waals surface area contributed by atoms with Crippen LogP contribution in [-0.2, 0) is 6.42 Å². The molecule has 2 heteroatoms. The van der Waals surface area contributed by atoms with Crippen molar-refractivity contribution in [3.05, 3.63) is 34.3 Å². The van der Waals surface area contributed by atoms with Gasteiger partial charge in [0.05, 0.1) is 5.54 Å². The van der Waals surface area contributed by atoms with Crippen molar-refractivity contribution in [3.63, 3.8) is 0 Å². The number of hydrogen-bond acceptors (Lipinski definition) is 1. The third-order valence-electron chi connectivity index (χ3n) is 1.75. The Morgan fingerprint density at radius 3 is 2.50 bits per heavy atom. The Labute approximate surface area is 94.4 Å². The van der Waals surface area contributed by atoms with Crippen molar-refractivity contribution in [3.8, 4) is 0 Å². The van der Waals surface area contributed by atoms with Gasteiger partial charge in [0.1, 0.15) is 0 Å². The molecule has 0 aromatic heterocycles. The minimum absolute atomic E-state index is 0.0290. The summed E-state index contributed by atoms with van der Waals surface area (Å²) in [6.07, 6.45) is 2.87. The van der Waals surface area contributed by atoms with E-state index in [0.717, 1.165) is 10.9 Å². The summed E-state index contributed by atoms with van der Waals surface area (Å²) in [6, 6.07) is 8.23. The van der Waals surface area contributed by atoms with Gasteiger partial charge in [-0.1, -0.05) is 34.1 Å². The summed E-state index contributed by atoms with van der Waals surface area (Å²) in [7, 11) is 0. The third kappa shape index (κ3) is 4.05. The lowest BCUT2D eigenvalue weighted by molar-refractivity contribution is 0.585. The van der Waals surface area contributed by atoms with Crippen LogP contribution in [0.4, 0.5) is 0 Å². The third-order valence-corrected chi connectivity index (χ3v) is 2.52. The molecule has 1 rings (SSSR count). The van der Waals surface area contributed by atoms with E-state index < -0.39 is 0 Å². The minimum atomic E-state index is 0.0290. The zero-order valence-corrected chi connectivity index (χ0v) is 10.5. The number of nitrogens with zero attached hydrogens (tertiary/aromatic N) is 1. The van der Waals surface area contributed by atoms with Crippen LogP contribution < -0.4 is 0 Å². The Hall–Kier alpha value is -0.630. The highest BCUT2D eigenvalue weighted by Crippen LogP contribution is 2.16. The number of benzene rings is 1. The molecule has 0 heterocycles. The van der Waals surface area contributed by atoms with E-state index in [0.29, 0.717) is 0 Å². The summed E-state index contributed by atoms with van der Waals surface area (Å²) in [5.74, 6) is 0. The zero-order valence-electron chi connectivity index (χ0n) is 8.92. The largest absolute Gasteiger partial charge is 0.291 e. The quantitative estimate of drug-likeness (QED) is 0.710. The van der Waals surface area contributed by atoms with Crippen LogP contribution in [0.1, 0.15) is 26.3 Å². The molecule has 0 bridgehead atoms. The molecule has 1 aromatic rings. The van der Waals surface area contributed by atoms with Gasteiger partial charge in [0, 0.05) is 17.1 Å². The molecule has 0 radical (unpaired) electrons. The Balaban J connectivity index is 2.63. The standard InChI is InChI=1S/C12H16BrN/c1-12(2,3)14-9-8-10-6-4-5-7-11(10)13/h4-7,9H,8H2,1-3H3. The average molecular weight is 254 g/mol. The van der Waals surface area contributed by atoms with E-state index in [1.165, 1.54) is 5.56 Å². The van der Waals surface area contributed by atoms with Crippen LogP contribution in [0.3, 0.4) is 0 Å². The van der Waals surface area contributed by atoms with E-state index in [2.05, 4.69) is 53.8 Å². The number of rotatable bonds is 2. The van der Waals surface area contributed by atoms with E-state index in [9.17, 15) is 0 Å². The number of hydrogen-bond donors (Lipinski definition) is 0. The Kier molecular flexibility index (Phi) is 3.87. The van der Waals surface area contributed by atoms with Gasteiger partial charge in [0.2, 0.25) is 0 Å². The van der Waals surface area contributed by atoms with Crippen LogP contribution in [0.15, 0.2) is 33.7 Å². The fourth-order valence-corrected chi connectivity index (χ4v) is 1.53. The first-order valence-corrected chi connectivity index (χ1v) is 5.55. The highest BCUT2D eigenvalue weighted by Gasteiger charge is 2.04. The second kappa shape index (κ2) is 4.74. The van der Waals surface area contributed by atoms with Gasteiger partial charge in [-0.3, -0.25) is 4.99 Å². The summed E-state index contributed by atoms with van der Waals surface area (Å²) < 4.78 is 1.15. The minimum Gasteiger partial charge on any atom is -0.291 e. The monoisotopic (exact) mass is 253 g/mol. The van der Waals surface area contributed by atoms with E-state index in [-0.39, 0.29) is 5.54 Å². The molecule has 0 amide bonds. The van der Waals surface area contributed by atoms with Crippen LogP contribution in [0.5, 0.6) is 0 Å². The van der Waals surface area contributed by atoms with Crippen LogP contribution >= 0.6 is 15.9 Å². The summed E-state index contributed by atoms with van der Waals surface area (Å²) in [5, 5.41) is 0. The first-order chi connectivity index (χ1) is 6.49. The maximum Gasteiger partial charge on any atom is 0.0520 e. The normalized spacial score (nSPS) is 12.3. The molecule has 1 nitrogen and oxygen atoms in total. The highest BCUT2D eigenvalue weighted by molar-refractivity contribution is 9.10. The molecule has 0 atom stereocenters. The van der Waals surface area contributed by atoms with Crippen molar-refractivity contribution in [2.24, 2.45) is 4.99 Å². The van der Waals surface area contributed by atoms with Crippen molar-refractivity contribution in [2.45, 2.75) is 32.7 Å². The molecular weight excluding hydrogens is 238 g/mol. The maximum atomic E-state index is 4.45. The molecular formula is C12H16BrN. The second-order valence-electron chi connectivity index (χ2n) is 4.28. The molecule has 1 aromatic carbocycles. The van der Waals surface area contributed by atoms with Crippen LogP contribution in [0.2, 0.25) is 0 Å².